The van der Waals surface area contributed by atoms with E-state index in [-0.39, 0.29) is 22.2 Å². The summed E-state index contributed by atoms with van der Waals surface area (Å²) in [5.74, 6) is -1.74. The SMILES string of the molecule is CCOC(=O)C1CCCN1S(=O)(=O)c1ccc(C(=O)O)s1. The summed E-state index contributed by atoms with van der Waals surface area (Å²) in [4.78, 5) is 22.6. The van der Waals surface area contributed by atoms with Crippen molar-refractivity contribution in [3.8, 4) is 0 Å². The Labute approximate surface area is 126 Å². The summed E-state index contributed by atoms with van der Waals surface area (Å²) in [5, 5.41) is 8.87. The molecule has 7 nitrogen and oxygen atoms in total. The minimum absolute atomic E-state index is 0.0551. The number of ether oxygens (including phenoxy) is 1. The van der Waals surface area contributed by atoms with Gasteiger partial charge in [0.1, 0.15) is 15.1 Å². The number of aromatic carboxylic acids is 1. The minimum atomic E-state index is -3.88. The number of hydrogen-bond acceptors (Lipinski definition) is 6. The van der Waals surface area contributed by atoms with Gasteiger partial charge in [0.15, 0.2) is 0 Å². The Bertz CT molecular complexity index is 650. The van der Waals surface area contributed by atoms with E-state index < -0.39 is 28.0 Å². The first-order chi connectivity index (χ1) is 9.87. The summed E-state index contributed by atoms with van der Waals surface area (Å²) in [6, 6.07) is 1.67. The maximum atomic E-state index is 12.5. The van der Waals surface area contributed by atoms with Crippen molar-refractivity contribution in [3.05, 3.63) is 17.0 Å². The van der Waals surface area contributed by atoms with Gasteiger partial charge >= 0.3 is 11.9 Å². The van der Waals surface area contributed by atoms with Gasteiger partial charge in [0, 0.05) is 6.54 Å². The van der Waals surface area contributed by atoms with E-state index in [0.29, 0.717) is 24.2 Å². The first kappa shape index (κ1) is 15.9. The highest BCUT2D eigenvalue weighted by Gasteiger charge is 2.41. The summed E-state index contributed by atoms with van der Waals surface area (Å²) in [5.41, 5.74) is 0. The van der Waals surface area contributed by atoms with Crippen LogP contribution in [-0.2, 0) is 19.6 Å². The number of sulfonamides is 1. The van der Waals surface area contributed by atoms with Crippen LogP contribution in [0.4, 0.5) is 0 Å². The molecule has 0 aliphatic carbocycles. The van der Waals surface area contributed by atoms with Crippen LogP contribution in [0.5, 0.6) is 0 Å². The standard InChI is InChI=1S/C12H15NO6S2/c1-2-19-12(16)8-4-3-7-13(8)21(17,18)10-6-5-9(20-10)11(14)15/h5-6,8H,2-4,7H2,1H3,(H,14,15). The molecular formula is C12H15NO6S2. The zero-order chi connectivity index (χ0) is 15.6. The quantitative estimate of drug-likeness (QED) is 0.812. The number of carbonyl (C=O) groups excluding carboxylic acids is 1. The van der Waals surface area contributed by atoms with E-state index in [1.54, 1.807) is 6.92 Å². The number of carbonyl (C=O) groups is 2. The molecule has 1 aromatic rings. The Kier molecular flexibility index (Phi) is 4.64. The fraction of sp³-hybridized carbons (Fsp3) is 0.500. The highest BCUT2D eigenvalue weighted by atomic mass is 32.2. The van der Waals surface area contributed by atoms with E-state index in [2.05, 4.69) is 0 Å². The molecule has 1 fully saturated rings. The van der Waals surface area contributed by atoms with Crippen LogP contribution in [-0.4, -0.2) is 49.0 Å². The largest absolute Gasteiger partial charge is 0.477 e. The summed E-state index contributed by atoms with van der Waals surface area (Å²) >= 11 is 0.681. The van der Waals surface area contributed by atoms with E-state index in [9.17, 15) is 18.0 Å². The fourth-order valence-electron chi connectivity index (χ4n) is 2.19. The molecule has 2 heterocycles. The van der Waals surface area contributed by atoms with Gasteiger partial charge in [-0.05, 0) is 31.9 Å². The van der Waals surface area contributed by atoms with Crippen molar-refractivity contribution in [2.24, 2.45) is 0 Å². The molecule has 2 rings (SSSR count). The Morgan fingerprint density at radius 3 is 2.76 bits per heavy atom. The topological polar surface area (TPSA) is 101 Å². The second-order valence-electron chi connectivity index (χ2n) is 4.45. The highest BCUT2D eigenvalue weighted by molar-refractivity contribution is 7.91. The molecule has 1 aliphatic rings. The lowest BCUT2D eigenvalue weighted by Crippen LogP contribution is -2.41. The lowest BCUT2D eigenvalue weighted by Gasteiger charge is -2.21. The molecule has 1 N–H and O–H groups in total. The van der Waals surface area contributed by atoms with Gasteiger partial charge in [-0.15, -0.1) is 11.3 Å². The third kappa shape index (κ3) is 3.09. The number of esters is 1. The van der Waals surface area contributed by atoms with Gasteiger partial charge in [0.05, 0.1) is 6.61 Å². The van der Waals surface area contributed by atoms with Crippen LogP contribution in [0.1, 0.15) is 29.4 Å². The van der Waals surface area contributed by atoms with E-state index in [1.807, 2.05) is 0 Å². The molecule has 1 unspecified atom stereocenters. The van der Waals surface area contributed by atoms with Crippen LogP contribution in [0.15, 0.2) is 16.3 Å². The average Bonchev–Trinajstić information content (AvgIpc) is 3.09. The number of nitrogens with zero attached hydrogens (tertiary/aromatic N) is 1. The van der Waals surface area contributed by atoms with E-state index in [4.69, 9.17) is 9.84 Å². The summed E-state index contributed by atoms with van der Waals surface area (Å²) < 4.78 is 31.0. The lowest BCUT2D eigenvalue weighted by molar-refractivity contribution is -0.146. The molecule has 1 atom stereocenters. The van der Waals surface area contributed by atoms with E-state index in [0.717, 1.165) is 4.31 Å². The highest BCUT2D eigenvalue weighted by Crippen LogP contribution is 2.30. The van der Waals surface area contributed by atoms with Crippen LogP contribution in [0.3, 0.4) is 0 Å². The summed E-state index contributed by atoms with van der Waals surface area (Å²) in [6.45, 7) is 2.07. The normalized spacial score (nSPS) is 19.6. The molecule has 1 aliphatic heterocycles. The van der Waals surface area contributed by atoms with E-state index in [1.165, 1.54) is 12.1 Å². The first-order valence-corrected chi connectivity index (χ1v) is 8.65. The molecule has 0 spiro atoms. The number of thiophene rings is 1. The molecule has 0 amide bonds. The zero-order valence-electron chi connectivity index (χ0n) is 11.3. The van der Waals surface area contributed by atoms with Gasteiger partial charge in [-0.1, -0.05) is 0 Å². The van der Waals surface area contributed by atoms with Crippen LogP contribution in [0.25, 0.3) is 0 Å². The smallest absolute Gasteiger partial charge is 0.345 e. The third-order valence-corrected chi connectivity index (χ3v) is 6.57. The number of hydrogen-bond donors (Lipinski definition) is 1. The third-order valence-electron chi connectivity index (χ3n) is 3.12. The molecule has 1 aromatic heterocycles. The molecule has 1 saturated heterocycles. The molecule has 21 heavy (non-hydrogen) atoms. The Hall–Kier alpha value is -1.45. The van der Waals surface area contributed by atoms with Gasteiger partial charge in [0.2, 0.25) is 0 Å². The van der Waals surface area contributed by atoms with Crippen LogP contribution < -0.4 is 0 Å². The van der Waals surface area contributed by atoms with Gasteiger partial charge < -0.3 is 9.84 Å². The molecule has 116 valence electrons. The molecule has 0 saturated carbocycles. The van der Waals surface area contributed by atoms with Crippen molar-refractivity contribution >= 4 is 33.3 Å². The van der Waals surface area contributed by atoms with Crippen molar-refractivity contribution in [1.29, 1.82) is 0 Å². The predicted octanol–water partition coefficient (Wildman–Crippen LogP) is 1.16. The Morgan fingerprint density at radius 2 is 2.19 bits per heavy atom. The predicted molar refractivity (Wildman–Crippen MR) is 74.8 cm³/mol. The minimum Gasteiger partial charge on any atom is -0.477 e. The fourth-order valence-corrected chi connectivity index (χ4v) is 5.11. The Morgan fingerprint density at radius 1 is 1.48 bits per heavy atom. The maximum Gasteiger partial charge on any atom is 0.345 e. The van der Waals surface area contributed by atoms with Crippen molar-refractivity contribution in [2.45, 2.75) is 30.0 Å². The molecular weight excluding hydrogens is 318 g/mol. The van der Waals surface area contributed by atoms with E-state index >= 15 is 0 Å². The van der Waals surface area contributed by atoms with Crippen LogP contribution in [0, 0.1) is 0 Å². The van der Waals surface area contributed by atoms with Crippen LogP contribution in [0.2, 0.25) is 0 Å². The molecule has 0 bridgehead atoms. The van der Waals surface area contributed by atoms with Gasteiger partial charge in [-0.3, -0.25) is 4.79 Å². The van der Waals surface area contributed by atoms with Gasteiger partial charge in [0.25, 0.3) is 10.0 Å². The van der Waals surface area contributed by atoms with Gasteiger partial charge in [-0.2, -0.15) is 4.31 Å². The number of carboxylic acids is 1. The first-order valence-electron chi connectivity index (χ1n) is 6.39. The summed E-state index contributed by atoms with van der Waals surface area (Å²) in [7, 11) is -3.88. The summed E-state index contributed by atoms with van der Waals surface area (Å²) in [6.07, 6.45) is 0.981. The molecule has 9 heteroatoms. The number of carboxylic acid groups (broad SMARTS) is 1. The van der Waals surface area contributed by atoms with Crippen molar-refractivity contribution in [1.82, 2.24) is 4.31 Å². The second kappa shape index (κ2) is 6.12. The molecule has 0 radical (unpaired) electrons. The van der Waals surface area contributed by atoms with Crippen molar-refractivity contribution in [3.63, 3.8) is 0 Å². The number of rotatable bonds is 5. The Balaban J connectivity index is 2.29. The van der Waals surface area contributed by atoms with Crippen molar-refractivity contribution in [2.75, 3.05) is 13.2 Å². The second-order valence-corrected chi connectivity index (χ2v) is 7.65. The average molecular weight is 333 g/mol. The lowest BCUT2D eigenvalue weighted by atomic mass is 10.2. The molecule has 0 aromatic carbocycles. The zero-order valence-corrected chi connectivity index (χ0v) is 12.9. The maximum absolute atomic E-state index is 12.5. The van der Waals surface area contributed by atoms with Crippen molar-refractivity contribution < 1.29 is 27.9 Å². The monoisotopic (exact) mass is 333 g/mol. The van der Waals surface area contributed by atoms with Crippen LogP contribution >= 0.6 is 11.3 Å². The van der Waals surface area contributed by atoms with Gasteiger partial charge in [-0.25, -0.2) is 13.2 Å².